The molecule has 0 fully saturated rings. The monoisotopic (exact) mass is 332 g/mol. The van der Waals surface area contributed by atoms with Crippen molar-refractivity contribution < 1.29 is 0 Å². The lowest BCUT2D eigenvalue weighted by molar-refractivity contribution is 0.453. The van der Waals surface area contributed by atoms with E-state index in [0.29, 0.717) is 11.6 Å². The molecule has 0 bridgehead atoms. The van der Waals surface area contributed by atoms with Crippen molar-refractivity contribution in [2.24, 2.45) is 0 Å². The second kappa shape index (κ2) is 6.23. The first kappa shape index (κ1) is 15.1. The highest BCUT2D eigenvalue weighted by atomic mass is 15.6. The van der Waals surface area contributed by atoms with Crippen LogP contribution in [-0.4, -0.2) is 40.4 Å². The van der Waals surface area contributed by atoms with Crippen molar-refractivity contribution in [1.29, 1.82) is 0 Å². The van der Waals surface area contributed by atoms with Crippen LogP contribution in [0.3, 0.4) is 0 Å². The zero-order chi connectivity index (χ0) is 17.2. The topological polar surface area (TPSA) is 87.2 Å². The Morgan fingerprint density at radius 3 is 2.40 bits per heavy atom. The highest BCUT2D eigenvalue weighted by Gasteiger charge is 2.20. The van der Waals surface area contributed by atoms with Gasteiger partial charge in [-0.15, -0.1) is 15.3 Å². The Morgan fingerprint density at radius 2 is 1.64 bits per heavy atom. The highest BCUT2D eigenvalue weighted by Crippen LogP contribution is 2.19. The molecule has 8 heteroatoms. The fourth-order valence-electron chi connectivity index (χ4n) is 2.52. The molecule has 2 aromatic carbocycles. The third kappa shape index (κ3) is 2.89. The highest BCUT2D eigenvalue weighted by molar-refractivity contribution is 5.54. The molecule has 2 heterocycles. The van der Waals surface area contributed by atoms with Gasteiger partial charge in [0.05, 0.1) is 5.69 Å². The number of nitrogens with zero attached hydrogens (tertiary/aromatic N) is 8. The van der Waals surface area contributed by atoms with E-state index in [0.717, 1.165) is 11.3 Å². The standard InChI is InChI=1S/C17H16N8/c1-12-8-10-14(11-9-12)16-18-22-25(20-16)13(2)17-19-21-23-24(17)15-6-4-3-5-7-15/h3-11,13H,1-2H3. The number of hydrogen-bond donors (Lipinski definition) is 0. The average Bonchev–Trinajstić information content (AvgIpc) is 3.32. The van der Waals surface area contributed by atoms with Crippen LogP contribution in [0.15, 0.2) is 54.6 Å². The van der Waals surface area contributed by atoms with Crippen LogP contribution >= 0.6 is 0 Å². The number of hydrogen-bond acceptors (Lipinski definition) is 6. The van der Waals surface area contributed by atoms with E-state index >= 15 is 0 Å². The molecule has 4 rings (SSSR count). The predicted molar refractivity (Wildman–Crippen MR) is 91.0 cm³/mol. The molecule has 0 saturated carbocycles. The van der Waals surface area contributed by atoms with Crippen molar-refractivity contribution in [2.75, 3.05) is 0 Å². The van der Waals surface area contributed by atoms with Crippen LogP contribution in [-0.2, 0) is 0 Å². The van der Waals surface area contributed by atoms with Gasteiger partial charge in [0.1, 0.15) is 6.04 Å². The lowest BCUT2D eigenvalue weighted by Crippen LogP contribution is -2.16. The van der Waals surface area contributed by atoms with Crippen LogP contribution in [0.4, 0.5) is 0 Å². The smallest absolute Gasteiger partial charge is 0.195 e. The Balaban J connectivity index is 1.66. The second-order valence-corrected chi connectivity index (χ2v) is 5.76. The Labute approximate surface area is 144 Å². The van der Waals surface area contributed by atoms with Crippen LogP contribution < -0.4 is 0 Å². The normalized spacial score (nSPS) is 12.2. The van der Waals surface area contributed by atoms with Crippen molar-refractivity contribution in [2.45, 2.75) is 19.9 Å². The summed E-state index contributed by atoms with van der Waals surface area (Å²) in [6.07, 6.45) is 0. The molecule has 0 amide bonds. The summed E-state index contributed by atoms with van der Waals surface area (Å²) in [4.78, 5) is 1.53. The Hall–Kier alpha value is -3.42. The summed E-state index contributed by atoms with van der Waals surface area (Å²) in [6.45, 7) is 3.98. The van der Waals surface area contributed by atoms with E-state index in [1.807, 2.05) is 68.4 Å². The number of rotatable bonds is 4. The fraction of sp³-hybridized carbons (Fsp3) is 0.176. The van der Waals surface area contributed by atoms with E-state index in [4.69, 9.17) is 0 Å². The van der Waals surface area contributed by atoms with Gasteiger partial charge in [-0.05, 0) is 41.6 Å². The molecule has 8 nitrogen and oxygen atoms in total. The van der Waals surface area contributed by atoms with Crippen molar-refractivity contribution in [1.82, 2.24) is 40.4 Å². The molecule has 124 valence electrons. The average molecular weight is 332 g/mol. The molecule has 25 heavy (non-hydrogen) atoms. The van der Waals surface area contributed by atoms with Gasteiger partial charge < -0.3 is 0 Å². The van der Waals surface area contributed by atoms with Gasteiger partial charge in [-0.1, -0.05) is 48.0 Å². The van der Waals surface area contributed by atoms with Crippen molar-refractivity contribution in [3.05, 3.63) is 66.0 Å². The minimum absolute atomic E-state index is 0.262. The number of para-hydroxylation sites is 1. The molecule has 0 saturated heterocycles. The minimum atomic E-state index is -0.262. The first-order valence-electron chi connectivity index (χ1n) is 7.92. The van der Waals surface area contributed by atoms with Gasteiger partial charge in [0, 0.05) is 5.56 Å². The minimum Gasteiger partial charge on any atom is -0.195 e. The molecular formula is C17H16N8. The van der Waals surface area contributed by atoms with Crippen molar-refractivity contribution in [3.63, 3.8) is 0 Å². The van der Waals surface area contributed by atoms with E-state index in [9.17, 15) is 0 Å². The number of benzene rings is 2. The number of aryl methyl sites for hydroxylation is 1. The van der Waals surface area contributed by atoms with Crippen LogP contribution in [0, 0.1) is 6.92 Å². The molecule has 0 N–H and O–H groups in total. The Kier molecular flexibility index (Phi) is 3.77. The van der Waals surface area contributed by atoms with Gasteiger partial charge in [0.2, 0.25) is 5.82 Å². The Morgan fingerprint density at radius 1 is 0.880 bits per heavy atom. The molecule has 1 unspecified atom stereocenters. The molecule has 0 aliphatic carbocycles. The molecule has 0 aliphatic heterocycles. The maximum atomic E-state index is 4.49. The van der Waals surface area contributed by atoms with Gasteiger partial charge >= 0.3 is 0 Å². The summed E-state index contributed by atoms with van der Waals surface area (Å²) in [5, 5.41) is 24.8. The number of tetrazole rings is 2. The molecule has 2 aromatic heterocycles. The first-order valence-corrected chi connectivity index (χ1v) is 7.92. The summed E-state index contributed by atoms with van der Waals surface area (Å²) in [5.41, 5.74) is 2.99. The molecule has 1 atom stereocenters. The first-order chi connectivity index (χ1) is 12.2. The molecule has 0 aliphatic rings. The van der Waals surface area contributed by atoms with Gasteiger partial charge in [-0.25, -0.2) is 0 Å². The largest absolute Gasteiger partial charge is 0.204 e. The van der Waals surface area contributed by atoms with E-state index in [1.165, 1.54) is 10.4 Å². The van der Waals surface area contributed by atoms with Gasteiger partial charge in [0.25, 0.3) is 0 Å². The summed E-state index contributed by atoms with van der Waals surface area (Å²) in [6, 6.07) is 17.5. The van der Waals surface area contributed by atoms with Crippen molar-refractivity contribution in [3.8, 4) is 17.1 Å². The Bertz CT molecular complexity index is 971. The van der Waals surface area contributed by atoms with E-state index < -0.39 is 0 Å². The van der Waals surface area contributed by atoms with Crippen LogP contribution in [0.1, 0.15) is 24.4 Å². The third-order valence-corrected chi connectivity index (χ3v) is 3.95. The second-order valence-electron chi connectivity index (χ2n) is 5.76. The van der Waals surface area contributed by atoms with Gasteiger partial charge in [0.15, 0.2) is 5.82 Å². The maximum absolute atomic E-state index is 4.49. The molecule has 0 radical (unpaired) electrons. The quantitative estimate of drug-likeness (QED) is 0.569. The van der Waals surface area contributed by atoms with Crippen molar-refractivity contribution >= 4 is 0 Å². The lowest BCUT2D eigenvalue weighted by atomic mass is 10.1. The third-order valence-electron chi connectivity index (χ3n) is 3.95. The maximum Gasteiger partial charge on any atom is 0.204 e. The zero-order valence-corrected chi connectivity index (χ0v) is 13.9. The summed E-state index contributed by atoms with van der Waals surface area (Å²) < 4.78 is 1.68. The van der Waals surface area contributed by atoms with Crippen LogP contribution in [0.25, 0.3) is 17.1 Å². The zero-order valence-electron chi connectivity index (χ0n) is 13.9. The predicted octanol–water partition coefficient (Wildman–Crippen LogP) is 2.23. The fourth-order valence-corrected chi connectivity index (χ4v) is 2.52. The summed E-state index contributed by atoms with van der Waals surface area (Å²) in [5.74, 6) is 1.21. The van der Waals surface area contributed by atoms with Crippen LogP contribution in [0.5, 0.6) is 0 Å². The summed E-state index contributed by atoms with van der Waals surface area (Å²) >= 11 is 0. The van der Waals surface area contributed by atoms with E-state index in [-0.39, 0.29) is 6.04 Å². The molecule has 0 spiro atoms. The van der Waals surface area contributed by atoms with Crippen LogP contribution in [0.2, 0.25) is 0 Å². The molecule has 4 aromatic rings. The SMILES string of the molecule is Cc1ccc(-c2nnn(C(C)c3nnnn3-c3ccccc3)n2)cc1. The molecular weight excluding hydrogens is 316 g/mol. The van der Waals surface area contributed by atoms with Gasteiger partial charge in [-0.3, -0.25) is 0 Å². The van der Waals surface area contributed by atoms with E-state index in [2.05, 4.69) is 30.9 Å². The van der Waals surface area contributed by atoms with Gasteiger partial charge in [-0.2, -0.15) is 9.48 Å². The van der Waals surface area contributed by atoms with E-state index in [1.54, 1.807) is 4.68 Å². The number of aromatic nitrogens is 8. The lowest BCUT2D eigenvalue weighted by Gasteiger charge is -2.09. The summed E-state index contributed by atoms with van der Waals surface area (Å²) in [7, 11) is 0.